The monoisotopic (exact) mass is 250 g/mol. The minimum absolute atomic E-state index is 0.349. The fourth-order valence-corrected chi connectivity index (χ4v) is 2.24. The van der Waals surface area contributed by atoms with Gasteiger partial charge in [0, 0.05) is 12.7 Å². The van der Waals surface area contributed by atoms with Crippen LogP contribution in [0.25, 0.3) is 0 Å². The number of nitrogens with two attached hydrogens (primary N) is 1. The SMILES string of the molecule is CC(C)(NCc1ccn(C2CCCC2)n1)C(N)=O. The Morgan fingerprint density at radius 3 is 2.83 bits per heavy atom. The summed E-state index contributed by atoms with van der Waals surface area (Å²) in [5.74, 6) is -0.349. The molecule has 0 spiro atoms. The van der Waals surface area contributed by atoms with Gasteiger partial charge >= 0.3 is 0 Å². The van der Waals surface area contributed by atoms with Crippen molar-refractivity contribution in [2.24, 2.45) is 5.73 Å². The molecule has 1 heterocycles. The third-order valence-corrected chi connectivity index (χ3v) is 3.69. The largest absolute Gasteiger partial charge is 0.368 e. The van der Waals surface area contributed by atoms with Crippen molar-refractivity contribution in [2.75, 3.05) is 0 Å². The van der Waals surface area contributed by atoms with Crippen molar-refractivity contribution < 1.29 is 4.79 Å². The van der Waals surface area contributed by atoms with Crippen molar-refractivity contribution in [2.45, 2.75) is 57.7 Å². The van der Waals surface area contributed by atoms with E-state index in [4.69, 9.17) is 5.73 Å². The first-order valence-electron chi connectivity index (χ1n) is 6.58. The zero-order valence-corrected chi connectivity index (χ0v) is 11.1. The summed E-state index contributed by atoms with van der Waals surface area (Å²) in [4.78, 5) is 11.2. The van der Waals surface area contributed by atoms with E-state index in [1.165, 1.54) is 25.7 Å². The molecule has 1 aromatic rings. The van der Waals surface area contributed by atoms with Crippen LogP contribution in [-0.2, 0) is 11.3 Å². The van der Waals surface area contributed by atoms with Crippen molar-refractivity contribution in [3.8, 4) is 0 Å². The van der Waals surface area contributed by atoms with Crippen molar-refractivity contribution in [1.29, 1.82) is 0 Å². The molecule has 2 rings (SSSR count). The van der Waals surface area contributed by atoms with Gasteiger partial charge in [-0.1, -0.05) is 12.8 Å². The van der Waals surface area contributed by atoms with Crippen LogP contribution < -0.4 is 11.1 Å². The maximum absolute atomic E-state index is 11.2. The highest BCUT2D eigenvalue weighted by molar-refractivity contribution is 5.83. The van der Waals surface area contributed by atoms with Gasteiger partial charge < -0.3 is 5.73 Å². The molecule has 1 fully saturated rings. The van der Waals surface area contributed by atoms with Crippen LogP contribution in [-0.4, -0.2) is 21.2 Å². The summed E-state index contributed by atoms with van der Waals surface area (Å²) >= 11 is 0. The van der Waals surface area contributed by atoms with Crippen LogP contribution in [0.3, 0.4) is 0 Å². The maximum atomic E-state index is 11.2. The average Bonchev–Trinajstić information content (AvgIpc) is 2.97. The van der Waals surface area contributed by atoms with E-state index in [1.54, 1.807) is 13.8 Å². The van der Waals surface area contributed by atoms with Crippen molar-refractivity contribution in [1.82, 2.24) is 15.1 Å². The molecule has 0 aliphatic heterocycles. The maximum Gasteiger partial charge on any atom is 0.237 e. The molecule has 1 aromatic heterocycles. The number of carbonyl (C=O) groups excluding carboxylic acids is 1. The first kappa shape index (κ1) is 13.1. The van der Waals surface area contributed by atoms with Crippen LogP contribution in [0, 0.1) is 0 Å². The molecule has 5 nitrogen and oxygen atoms in total. The van der Waals surface area contributed by atoms with Gasteiger partial charge in [0.2, 0.25) is 5.91 Å². The van der Waals surface area contributed by atoms with E-state index in [0.29, 0.717) is 12.6 Å². The summed E-state index contributed by atoms with van der Waals surface area (Å²) in [6.07, 6.45) is 7.08. The molecular formula is C13H22N4O. The van der Waals surface area contributed by atoms with Gasteiger partial charge in [-0.2, -0.15) is 5.10 Å². The molecule has 1 saturated carbocycles. The van der Waals surface area contributed by atoms with E-state index >= 15 is 0 Å². The Morgan fingerprint density at radius 2 is 2.22 bits per heavy atom. The number of amides is 1. The third kappa shape index (κ3) is 2.90. The number of nitrogens with one attached hydrogen (secondary N) is 1. The van der Waals surface area contributed by atoms with Crippen LogP contribution in [0.1, 0.15) is 51.3 Å². The van der Waals surface area contributed by atoms with Gasteiger partial charge in [0.25, 0.3) is 0 Å². The Kier molecular flexibility index (Phi) is 3.71. The van der Waals surface area contributed by atoms with Gasteiger partial charge in [0.05, 0.1) is 17.3 Å². The molecule has 0 bridgehead atoms. The average molecular weight is 250 g/mol. The number of hydrogen-bond acceptors (Lipinski definition) is 3. The summed E-state index contributed by atoms with van der Waals surface area (Å²) in [6.45, 7) is 4.13. The van der Waals surface area contributed by atoms with Crippen molar-refractivity contribution in [3.63, 3.8) is 0 Å². The van der Waals surface area contributed by atoms with Gasteiger partial charge in [0.1, 0.15) is 0 Å². The Bertz CT molecular complexity index is 418. The van der Waals surface area contributed by atoms with Crippen LogP contribution in [0.15, 0.2) is 12.3 Å². The molecule has 0 saturated heterocycles. The molecule has 0 unspecified atom stereocenters. The smallest absolute Gasteiger partial charge is 0.237 e. The highest BCUT2D eigenvalue weighted by Crippen LogP contribution is 2.28. The van der Waals surface area contributed by atoms with E-state index in [9.17, 15) is 4.79 Å². The van der Waals surface area contributed by atoms with Gasteiger partial charge in [-0.05, 0) is 32.8 Å². The minimum atomic E-state index is -0.697. The molecule has 0 atom stereocenters. The first-order valence-corrected chi connectivity index (χ1v) is 6.58. The molecule has 100 valence electrons. The number of nitrogens with zero attached hydrogens (tertiary/aromatic N) is 2. The zero-order chi connectivity index (χ0) is 13.2. The summed E-state index contributed by atoms with van der Waals surface area (Å²) in [7, 11) is 0. The standard InChI is InChI=1S/C13H22N4O/c1-13(2,12(14)18)15-9-10-7-8-17(16-10)11-5-3-4-6-11/h7-8,11,15H,3-6,9H2,1-2H3,(H2,14,18). The second-order valence-corrected chi connectivity index (χ2v) is 5.57. The normalized spacial score (nSPS) is 17.2. The highest BCUT2D eigenvalue weighted by Gasteiger charge is 2.24. The van der Waals surface area contributed by atoms with E-state index in [0.717, 1.165) is 5.69 Å². The van der Waals surface area contributed by atoms with Crippen LogP contribution in [0.2, 0.25) is 0 Å². The molecule has 3 N–H and O–H groups in total. The van der Waals surface area contributed by atoms with Crippen molar-refractivity contribution in [3.05, 3.63) is 18.0 Å². The fraction of sp³-hybridized carbons (Fsp3) is 0.692. The van der Waals surface area contributed by atoms with Gasteiger partial charge in [-0.3, -0.25) is 14.8 Å². The van der Waals surface area contributed by atoms with E-state index in [-0.39, 0.29) is 5.91 Å². The van der Waals surface area contributed by atoms with E-state index < -0.39 is 5.54 Å². The van der Waals surface area contributed by atoms with E-state index in [2.05, 4.69) is 15.1 Å². The summed E-state index contributed by atoms with van der Waals surface area (Å²) in [5.41, 5.74) is 5.57. The Hall–Kier alpha value is -1.36. The molecule has 0 aromatic carbocycles. The Balaban J connectivity index is 1.92. The fourth-order valence-electron chi connectivity index (χ4n) is 2.24. The quantitative estimate of drug-likeness (QED) is 0.828. The van der Waals surface area contributed by atoms with Gasteiger partial charge in [-0.15, -0.1) is 0 Å². The summed E-state index contributed by atoms with van der Waals surface area (Å²) < 4.78 is 2.06. The lowest BCUT2D eigenvalue weighted by Gasteiger charge is -2.21. The third-order valence-electron chi connectivity index (χ3n) is 3.69. The Labute approximate surface area is 108 Å². The molecular weight excluding hydrogens is 228 g/mol. The number of carbonyl (C=O) groups is 1. The number of hydrogen-bond donors (Lipinski definition) is 2. The lowest BCUT2D eigenvalue weighted by Crippen LogP contribution is -2.50. The van der Waals surface area contributed by atoms with Crippen LogP contribution in [0.5, 0.6) is 0 Å². The van der Waals surface area contributed by atoms with Gasteiger partial charge in [0.15, 0.2) is 0 Å². The number of aromatic nitrogens is 2. The predicted molar refractivity (Wildman–Crippen MR) is 69.8 cm³/mol. The number of rotatable bonds is 5. The molecule has 1 aliphatic carbocycles. The van der Waals surface area contributed by atoms with Crippen LogP contribution in [0.4, 0.5) is 0 Å². The second kappa shape index (κ2) is 5.10. The summed E-state index contributed by atoms with van der Waals surface area (Å²) in [5, 5.41) is 7.68. The lowest BCUT2D eigenvalue weighted by molar-refractivity contribution is -0.123. The minimum Gasteiger partial charge on any atom is -0.368 e. The molecule has 1 amide bonds. The molecule has 18 heavy (non-hydrogen) atoms. The molecule has 0 radical (unpaired) electrons. The second-order valence-electron chi connectivity index (χ2n) is 5.57. The zero-order valence-electron chi connectivity index (χ0n) is 11.1. The molecule has 5 heteroatoms. The predicted octanol–water partition coefficient (Wildman–Crippen LogP) is 1.35. The first-order chi connectivity index (χ1) is 8.49. The van der Waals surface area contributed by atoms with Gasteiger partial charge in [-0.25, -0.2) is 0 Å². The van der Waals surface area contributed by atoms with Crippen LogP contribution >= 0.6 is 0 Å². The summed E-state index contributed by atoms with van der Waals surface area (Å²) in [6, 6.07) is 2.56. The highest BCUT2D eigenvalue weighted by atomic mass is 16.1. The Morgan fingerprint density at radius 1 is 1.56 bits per heavy atom. The molecule has 1 aliphatic rings. The van der Waals surface area contributed by atoms with Crippen molar-refractivity contribution >= 4 is 5.91 Å². The lowest BCUT2D eigenvalue weighted by atomic mass is 10.1. The number of primary amides is 1. The topological polar surface area (TPSA) is 72.9 Å². The van der Waals surface area contributed by atoms with E-state index in [1.807, 2.05) is 12.3 Å².